The number of aryl methyl sites for hydroxylation is 1. The third-order valence-corrected chi connectivity index (χ3v) is 3.57. The Morgan fingerprint density at radius 1 is 1.25 bits per heavy atom. The summed E-state index contributed by atoms with van der Waals surface area (Å²) in [5.74, 6) is 1.36. The molecule has 0 spiro atoms. The van der Waals surface area contributed by atoms with E-state index < -0.39 is 6.03 Å². The van der Waals surface area contributed by atoms with Crippen molar-refractivity contribution < 1.29 is 13.9 Å². The molecule has 0 atom stereocenters. The van der Waals surface area contributed by atoms with Crippen molar-refractivity contribution in [2.45, 2.75) is 6.92 Å². The van der Waals surface area contributed by atoms with Gasteiger partial charge in [0.2, 0.25) is 0 Å². The van der Waals surface area contributed by atoms with Gasteiger partial charge >= 0.3 is 6.03 Å². The van der Waals surface area contributed by atoms with Crippen LogP contribution in [0.5, 0.6) is 0 Å². The number of nitrogens with one attached hydrogen (secondary N) is 2. The zero-order chi connectivity index (χ0) is 16.8. The molecule has 0 bridgehead atoms. The number of urea groups is 1. The Balaban J connectivity index is 1.50. The lowest BCUT2D eigenvalue weighted by molar-refractivity contribution is 0.120. The third-order valence-electron chi connectivity index (χ3n) is 3.57. The molecule has 3 rings (SSSR count). The van der Waals surface area contributed by atoms with Crippen LogP contribution >= 0.6 is 0 Å². The molecule has 0 saturated carbocycles. The zero-order valence-electron chi connectivity index (χ0n) is 13.5. The summed E-state index contributed by atoms with van der Waals surface area (Å²) in [6.45, 7) is 4.97. The Labute approximate surface area is 140 Å². The van der Waals surface area contributed by atoms with Crippen molar-refractivity contribution in [3.8, 4) is 0 Å². The van der Waals surface area contributed by atoms with Crippen molar-refractivity contribution in [1.29, 1.82) is 0 Å². The van der Waals surface area contributed by atoms with Crippen LogP contribution in [0, 0.1) is 6.92 Å². The molecule has 7 nitrogen and oxygen atoms in total. The van der Waals surface area contributed by atoms with Gasteiger partial charge < -0.3 is 19.4 Å². The van der Waals surface area contributed by atoms with E-state index in [0.717, 1.165) is 30.2 Å². The molecule has 0 unspecified atom stereocenters. The maximum Gasteiger partial charge on any atom is 0.339 e. The molecular formula is C17H20N4O3. The van der Waals surface area contributed by atoms with E-state index in [2.05, 4.69) is 20.7 Å². The summed E-state index contributed by atoms with van der Waals surface area (Å²) < 4.78 is 11.0. The summed E-state index contributed by atoms with van der Waals surface area (Å²) in [5.41, 5.74) is 4.20. The molecule has 1 aliphatic heterocycles. The number of hydrogen-bond acceptors (Lipinski definition) is 5. The lowest BCUT2D eigenvalue weighted by Gasteiger charge is -2.26. The van der Waals surface area contributed by atoms with Crippen LogP contribution in [0.25, 0.3) is 0 Å². The summed E-state index contributed by atoms with van der Waals surface area (Å²) in [6, 6.07) is 10.8. The molecule has 7 heteroatoms. The first-order valence-electron chi connectivity index (χ1n) is 7.80. The topological polar surface area (TPSA) is 79.1 Å². The summed E-state index contributed by atoms with van der Waals surface area (Å²) in [7, 11) is 0. The largest absolute Gasteiger partial charge is 0.440 e. The van der Waals surface area contributed by atoms with Gasteiger partial charge in [0.25, 0.3) is 0 Å². The lowest BCUT2D eigenvalue weighted by Crippen LogP contribution is -2.35. The molecule has 0 aliphatic carbocycles. The fraction of sp³-hybridized carbons (Fsp3) is 0.294. The number of amides is 2. The fourth-order valence-corrected chi connectivity index (χ4v) is 2.40. The first-order chi connectivity index (χ1) is 11.7. The highest BCUT2D eigenvalue weighted by atomic mass is 16.5. The second-order valence-electron chi connectivity index (χ2n) is 5.47. The van der Waals surface area contributed by atoms with Crippen LogP contribution in [0.1, 0.15) is 11.3 Å². The average molecular weight is 328 g/mol. The number of hydrogen-bond donors (Lipinski definition) is 2. The highest BCUT2D eigenvalue weighted by molar-refractivity contribution is 5.90. The highest BCUT2D eigenvalue weighted by Gasteiger charge is 2.14. The van der Waals surface area contributed by atoms with E-state index in [-0.39, 0.29) is 0 Å². The molecule has 24 heavy (non-hydrogen) atoms. The molecule has 1 fully saturated rings. The van der Waals surface area contributed by atoms with Gasteiger partial charge in [-0.1, -0.05) is 12.1 Å². The molecule has 0 radical (unpaired) electrons. The predicted octanol–water partition coefficient (Wildman–Crippen LogP) is 2.58. The number of hydrazone groups is 1. The molecule has 2 amide bonds. The van der Waals surface area contributed by atoms with Gasteiger partial charge in [-0.25, -0.2) is 10.2 Å². The SMILES string of the molecule is Cc1cccc(NC(=O)N/N=C/c2ccc(N3CCOCC3)o2)c1. The second kappa shape index (κ2) is 7.65. The zero-order valence-corrected chi connectivity index (χ0v) is 13.5. The van der Waals surface area contributed by atoms with Gasteiger partial charge in [-0.15, -0.1) is 0 Å². The molecule has 126 valence electrons. The summed E-state index contributed by atoms with van der Waals surface area (Å²) in [4.78, 5) is 13.9. The third kappa shape index (κ3) is 4.36. The molecule has 2 N–H and O–H groups in total. The first kappa shape index (κ1) is 16.1. The van der Waals surface area contributed by atoms with Crippen LogP contribution < -0.4 is 15.6 Å². The van der Waals surface area contributed by atoms with Gasteiger partial charge in [0, 0.05) is 24.8 Å². The molecule has 1 aromatic heterocycles. The summed E-state index contributed by atoms with van der Waals surface area (Å²) >= 11 is 0. The average Bonchev–Trinajstić information content (AvgIpc) is 3.04. The minimum atomic E-state index is -0.406. The van der Waals surface area contributed by atoms with E-state index >= 15 is 0 Å². The Morgan fingerprint density at radius 3 is 2.88 bits per heavy atom. The molecule has 2 heterocycles. The van der Waals surface area contributed by atoms with Crippen LogP contribution in [0.15, 0.2) is 45.9 Å². The fourth-order valence-electron chi connectivity index (χ4n) is 2.40. The Morgan fingerprint density at radius 2 is 2.08 bits per heavy atom. The van der Waals surface area contributed by atoms with E-state index in [1.54, 1.807) is 0 Å². The molecule has 2 aromatic rings. The minimum absolute atomic E-state index is 0.406. The van der Waals surface area contributed by atoms with E-state index in [1.807, 2.05) is 43.3 Å². The van der Waals surface area contributed by atoms with Crippen LogP contribution in [-0.2, 0) is 4.74 Å². The number of ether oxygens (including phenoxy) is 1. The molecule has 1 aromatic carbocycles. The Hall–Kier alpha value is -2.80. The van der Waals surface area contributed by atoms with Crippen molar-refractivity contribution in [2.75, 3.05) is 36.5 Å². The van der Waals surface area contributed by atoms with E-state index in [0.29, 0.717) is 19.0 Å². The van der Waals surface area contributed by atoms with Crippen molar-refractivity contribution >= 4 is 23.8 Å². The standard InChI is InChI=1S/C17H20N4O3/c1-13-3-2-4-14(11-13)19-17(22)20-18-12-15-5-6-16(24-15)21-7-9-23-10-8-21/h2-6,11-12H,7-10H2,1H3,(H2,19,20,22)/b18-12+. The van der Waals surface area contributed by atoms with E-state index in [4.69, 9.17) is 9.15 Å². The van der Waals surface area contributed by atoms with Crippen LogP contribution in [0.2, 0.25) is 0 Å². The molecule has 1 aliphatic rings. The van der Waals surface area contributed by atoms with Crippen molar-refractivity contribution in [3.05, 3.63) is 47.7 Å². The number of rotatable bonds is 4. The quantitative estimate of drug-likeness (QED) is 0.668. The van der Waals surface area contributed by atoms with Crippen molar-refractivity contribution in [1.82, 2.24) is 5.43 Å². The lowest BCUT2D eigenvalue weighted by atomic mass is 10.2. The van der Waals surface area contributed by atoms with Gasteiger partial charge in [-0.3, -0.25) is 0 Å². The number of furan rings is 1. The molecule has 1 saturated heterocycles. The smallest absolute Gasteiger partial charge is 0.339 e. The minimum Gasteiger partial charge on any atom is -0.440 e. The monoisotopic (exact) mass is 328 g/mol. The number of carbonyl (C=O) groups excluding carboxylic acids is 1. The number of nitrogens with zero attached hydrogens (tertiary/aromatic N) is 2. The second-order valence-corrected chi connectivity index (χ2v) is 5.47. The number of anilines is 2. The summed E-state index contributed by atoms with van der Waals surface area (Å²) in [5, 5.41) is 6.60. The number of morpholine rings is 1. The normalized spacial score (nSPS) is 14.8. The van der Waals surface area contributed by atoms with Crippen LogP contribution in [-0.4, -0.2) is 38.5 Å². The molecular weight excluding hydrogens is 308 g/mol. The summed E-state index contributed by atoms with van der Waals surface area (Å²) in [6.07, 6.45) is 1.47. The van der Waals surface area contributed by atoms with Crippen LogP contribution in [0.4, 0.5) is 16.4 Å². The van der Waals surface area contributed by atoms with Gasteiger partial charge in [0.05, 0.1) is 19.4 Å². The Kier molecular flexibility index (Phi) is 5.12. The maximum atomic E-state index is 11.8. The van der Waals surface area contributed by atoms with Crippen molar-refractivity contribution in [3.63, 3.8) is 0 Å². The van der Waals surface area contributed by atoms with Gasteiger partial charge in [0.1, 0.15) is 5.76 Å². The number of carbonyl (C=O) groups is 1. The van der Waals surface area contributed by atoms with Gasteiger partial charge in [-0.05, 0) is 30.7 Å². The first-order valence-corrected chi connectivity index (χ1v) is 7.80. The highest BCUT2D eigenvalue weighted by Crippen LogP contribution is 2.18. The predicted molar refractivity (Wildman–Crippen MR) is 92.7 cm³/mol. The van der Waals surface area contributed by atoms with Gasteiger partial charge in [0.15, 0.2) is 5.88 Å². The Bertz CT molecular complexity index is 720. The van der Waals surface area contributed by atoms with Gasteiger partial charge in [-0.2, -0.15) is 5.10 Å². The maximum absolute atomic E-state index is 11.8. The van der Waals surface area contributed by atoms with Crippen LogP contribution in [0.3, 0.4) is 0 Å². The number of benzene rings is 1. The van der Waals surface area contributed by atoms with Crippen molar-refractivity contribution in [2.24, 2.45) is 5.10 Å². The van der Waals surface area contributed by atoms with E-state index in [9.17, 15) is 4.79 Å². The van der Waals surface area contributed by atoms with E-state index in [1.165, 1.54) is 6.21 Å².